The summed E-state index contributed by atoms with van der Waals surface area (Å²) in [4.78, 5) is 12.5. The quantitative estimate of drug-likeness (QED) is 0.498. The van der Waals surface area contributed by atoms with E-state index in [2.05, 4.69) is 15.2 Å². The van der Waals surface area contributed by atoms with Crippen molar-refractivity contribution >= 4 is 22.1 Å². The summed E-state index contributed by atoms with van der Waals surface area (Å²) in [6.45, 7) is 5.32. The molecular weight excluding hydrogens is 366 g/mol. The van der Waals surface area contributed by atoms with Gasteiger partial charge in [-0.1, -0.05) is 43.7 Å². The van der Waals surface area contributed by atoms with Crippen LogP contribution in [0.25, 0.3) is 0 Å². The minimum absolute atomic E-state index is 0.0241. The van der Waals surface area contributed by atoms with Crippen molar-refractivity contribution in [3.8, 4) is 5.75 Å². The maximum Gasteiger partial charge on any atom is 0.258 e. The van der Waals surface area contributed by atoms with Crippen molar-refractivity contribution in [1.29, 1.82) is 0 Å². The number of aromatic hydroxyl groups is 1. The third kappa shape index (κ3) is 5.63. The maximum absolute atomic E-state index is 12.5. The molecule has 0 bridgehead atoms. The number of benzene rings is 2. The van der Waals surface area contributed by atoms with Crippen LogP contribution in [0.1, 0.15) is 25.0 Å². The number of nitrogens with one attached hydrogen (secondary N) is 2. The Hall–Kier alpha value is -2.71. The number of rotatable bonds is 7. The Bertz CT molecular complexity index is 922. The minimum Gasteiger partial charge on any atom is -0.507 e. The molecule has 3 N–H and O–H groups in total. The van der Waals surface area contributed by atoms with Crippen molar-refractivity contribution in [1.82, 2.24) is 10.1 Å². The molecule has 0 unspecified atom stereocenters. The average Bonchev–Trinajstić information content (AvgIpc) is 2.61. The predicted molar refractivity (Wildman–Crippen MR) is 104 cm³/mol. The fourth-order valence-corrected chi connectivity index (χ4v) is 3.62. The number of carbonyl (C=O) groups is 1. The molecule has 0 aromatic heterocycles. The molecule has 2 rings (SSSR count). The third-order valence-electron chi connectivity index (χ3n) is 3.88. The second-order valence-electron chi connectivity index (χ2n) is 6.45. The van der Waals surface area contributed by atoms with Gasteiger partial charge < -0.3 is 5.11 Å². The van der Waals surface area contributed by atoms with Gasteiger partial charge in [0.15, 0.2) is 0 Å². The number of hydrogen-bond donors (Lipinski definition) is 3. The Morgan fingerprint density at radius 2 is 1.74 bits per heavy atom. The zero-order valence-corrected chi connectivity index (χ0v) is 16.2. The lowest BCUT2D eigenvalue weighted by molar-refractivity contribution is -0.123. The Labute approximate surface area is 159 Å². The highest BCUT2D eigenvalue weighted by atomic mass is 32.2. The number of sulfonamides is 1. The Morgan fingerprint density at radius 1 is 1.11 bits per heavy atom. The monoisotopic (exact) mass is 389 g/mol. The molecule has 2 aromatic rings. The summed E-state index contributed by atoms with van der Waals surface area (Å²) in [5.41, 5.74) is 3.68. The number of nitrogens with zero attached hydrogens (tertiary/aromatic N) is 1. The van der Waals surface area contributed by atoms with E-state index in [9.17, 15) is 18.3 Å². The maximum atomic E-state index is 12.5. The standard InChI is InChI=1S/C19H23N3O4S/c1-13(2)18(22-27(25,26)16-10-8-14(3)9-11-16)19(24)21-20-12-15-6-4-5-7-17(15)23/h4-13,18,22-23H,1-3H3,(H,21,24)/b20-12-/t18-/m1/s1. The zero-order valence-electron chi connectivity index (χ0n) is 15.4. The number of amides is 1. The summed E-state index contributed by atoms with van der Waals surface area (Å²) < 4.78 is 27.5. The summed E-state index contributed by atoms with van der Waals surface area (Å²) in [5.74, 6) is -0.867. The van der Waals surface area contributed by atoms with Crippen LogP contribution < -0.4 is 10.1 Å². The lowest BCUT2D eigenvalue weighted by Crippen LogP contribution is -2.48. The first-order valence-electron chi connectivity index (χ1n) is 8.40. The third-order valence-corrected chi connectivity index (χ3v) is 5.33. The fourth-order valence-electron chi connectivity index (χ4n) is 2.28. The number of hydrogen-bond acceptors (Lipinski definition) is 5. The smallest absolute Gasteiger partial charge is 0.258 e. The molecule has 1 atom stereocenters. The number of para-hydroxylation sites is 1. The highest BCUT2D eigenvalue weighted by molar-refractivity contribution is 7.89. The van der Waals surface area contributed by atoms with Crippen LogP contribution in [0.5, 0.6) is 5.75 Å². The van der Waals surface area contributed by atoms with Crippen molar-refractivity contribution in [3.05, 3.63) is 59.7 Å². The van der Waals surface area contributed by atoms with Crippen LogP contribution in [-0.2, 0) is 14.8 Å². The molecule has 144 valence electrons. The van der Waals surface area contributed by atoms with Gasteiger partial charge in [0.2, 0.25) is 10.0 Å². The predicted octanol–water partition coefficient (Wildman–Crippen LogP) is 2.15. The summed E-state index contributed by atoms with van der Waals surface area (Å²) in [7, 11) is -3.85. The largest absolute Gasteiger partial charge is 0.507 e. The van der Waals surface area contributed by atoms with Gasteiger partial charge in [0.05, 0.1) is 11.1 Å². The van der Waals surface area contributed by atoms with E-state index in [4.69, 9.17) is 0 Å². The summed E-state index contributed by atoms with van der Waals surface area (Å²) in [6, 6.07) is 11.9. The normalized spacial score (nSPS) is 13.0. The van der Waals surface area contributed by atoms with Gasteiger partial charge in [-0.2, -0.15) is 9.82 Å². The van der Waals surface area contributed by atoms with Crippen molar-refractivity contribution in [2.75, 3.05) is 0 Å². The van der Waals surface area contributed by atoms with Gasteiger partial charge >= 0.3 is 0 Å². The lowest BCUT2D eigenvalue weighted by Gasteiger charge is -2.20. The second kappa shape index (κ2) is 8.79. The molecule has 7 nitrogen and oxygen atoms in total. The van der Waals surface area contributed by atoms with Crippen LogP contribution in [-0.4, -0.2) is 31.7 Å². The van der Waals surface area contributed by atoms with Gasteiger partial charge in [-0.15, -0.1) is 0 Å². The van der Waals surface area contributed by atoms with E-state index in [0.717, 1.165) is 5.56 Å². The Balaban J connectivity index is 2.11. The molecule has 27 heavy (non-hydrogen) atoms. The summed E-state index contributed by atoms with van der Waals surface area (Å²) >= 11 is 0. The molecule has 8 heteroatoms. The molecule has 0 saturated carbocycles. The first kappa shape index (κ1) is 20.6. The summed E-state index contributed by atoms with van der Waals surface area (Å²) in [6.07, 6.45) is 1.29. The van der Waals surface area contributed by atoms with Gasteiger partial charge in [-0.3, -0.25) is 4.79 Å². The number of phenolic OH excluding ortho intramolecular Hbond substituents is 1. The molecule has 0 radical (unpaired) electrons. The van der Waals surface area contributed by atoms with Crippen molar-refractivity contribution < 1.29 is 18.3 Å². The van der Waals surface area contributed by atoms with E-state index < -0.39 is 22.0 Å². The molecule has 2 aromatic carbocycles. The topological polar surface area (TPSA) is 108 Å². The van der Waals surface area contributed by atoms with Crippen molar-refractivity contribution in [2.45, 2.75) is 31.7 Å². The van der Waals surface area contributed by atoms with Crippen LogP contribution in [0.4, 0.5) is 0 Å². The van der Waals surface area contributed by atoms with Crippen LogP contribution >= 0.6 is 0 Å². The van der Waals surface area contributed by atoms with Crippen LogP contribution in [0.2, 0.25) is 0 Å². The van der Waals surface area contributed by atoms with Gasteiger partial charge in [0.1, 0.15) is 11.8 Å². The molecule has 0 saturated heterocycles. The van der Waals surface area contributed by atoms with Crippen LogP contribution in [0.3, 0.4) is 0 Å². The second-order valence-corrected chi connectivity index (χ2v) is 8.16. The van der Waals surface area contributed by atoms with Crippen molar-refractivity contribution in [2.24, 2.45) is 11.0 Å². The molecule has 0 heterocycles. The first-order valence-corrected chi connectivity index (χ1v) is 9.89. The van der Waals surface area contributed by atoms with E-state index in [1.165, 1.54) is 24.4 Å². The van der Waals surface area contributed by atoms with Crippen molar-refractivity contribution in [3.63, 3.8) is 0 Å². The fraction of sp³-hybridized carbons (Fsp3) is 0.263. The van der Waals surface area contributed by atoms with E-state index in [1.807, 2.05) is 6.92 Å². The van der Waals surface area contributed by atoms with E-state index in [0.29, 0.717) is 5.56 Å². The number of phenols is 1. The summed E-state index contributed by atoms with van der Waals surface area (Å²) in [5, 5.41) is 13.5. The highest BCUT2D eigenvalue weighted by Gasteiger charge is 2.28. The van der Waals surface area contributed by atoms with Gasteiger partial charge in [-0.05, 0) is 37.1 Å². The van der Waals surface area contributed by atoms with Gasteiger partial charge in [0.25, 0.3) is 5.91 Å². The highest BCUT2D eigenvalue weighted by Crippen LogP contribution is 2.14. The van der Waals surface area contributed by atoms with Crippen LogP contribution in [0, 0.1) is 12.8 Å². The van der Waals surface area contributed by atoms with Crippen LogP contribution in [0.15, 0.2) is 58.5 Å². The van der Waals surface area contributed by atoms with Gasteiger partial charge in [0, 0.05) is 5.56 Å². The minimum atomic E-state index is -3.85. The number of carbonyl (C=O) groups excluding carboxylic acids is 1. The molecule has 0 aliphatic rings. The van der Waals surface area contributed by atoms with E-state index >= 15 is 0 Å². The molecule has 0 aliphatic carbocycles. The molecule has 0 spiro atoms. The number of hydrazone groups is 1. The first-order chi connectivity index (χ1) is 12.7. The molecule has 0 fully saturated rings. The van der Waals surface area contributed by atoms with E-state index in [1.54, 1.807) is 44.2 Å². The Kier molecular flexibility index (Phi) is 6.70. The zero-order chi connectivity index (χ0) is 20.0. The SMILES string of the molecule is Cc1ccc(S(=O)(=O)N[C@@H](C(=O)N/N=C\c2ccccc2O)C(C)C)cc1. The Morgan fingerprint density at radius 3 is 2.33 bits per heavy atom. The van der Waals surface area contributed by atoms with E-state index in [-0.39, 0.29) is 16.6 Å². The molecular formula is C19H23N3O4S. The average molecular weight is 389 g/mol. The van der Waals surface area contributed by atoms with Gasteiger partial charge in [-0.25, -0.2) is 13.8 Å². The molecule has 1 amide bonds. The number of aryl methyl sites for hydroxylation is 1. The molecule has 0 aliphatic heterocycles. The lowest BCUT2D eigenvalue weighted by atomic mass is 10.1.